The van der Waals surface area contributed by atoms with Crippen LogP contribution < -0.4 is 5.32 Å². The van der Waals surface area contributed by atoms with Crippen molar-refractivity contribution in [2.24, 2.45) is 0 Å². The second-order valence-corrected chi connectivity index (χ2v) is 20.4. The van der Waals surface area contributed by atoms with Crippen LogP contribution in [0.2, 0.25) is 0 Å². The van der Waals surface area contributed by atoms with Gasteiger partial charge in [0.2, 0.25) is 5.91 Å². The zero-order valence-electron chi connectivity index (χ0n) is 40.0. The maximum Gasteiger partial charge on any atom is 0.472 e. The van der Waals surface area contributed by atoms with Crippen molar-refractivity contribution in [2.45, 2.75) is 264 Å². The quantitative estimate of drug-likeness (QED) is 0.0244. The van der Waals surface area contributed by atoms with Gasteiger partial charge in [-0.25, -0.2) is 4.57 Å². The predicted molar refractivity (Wildman–Crippen MR) is 254 cm³/mol. The van der Waals surface area contributed by atoms with Crippen LogP contribution in [0.25, 0.3) is 0 Å². The second-order valence-electron chi connectivity index (χ2n) is 18.9. The molecular weight excluding hydrogens is 756 g/mol. The van der Waals surface area contributed by atoms with Gasteiger partial charge in [-0.15, -0.1) is 0 Å². The van der Waals surface area contributed by atoms with E-state index in [0.717, 1.165) is 38.5 Å². The minimum atomic E-state index is -4.31. The number of aliphatic hydroxyl groups is 1. The van der Waals surface area contributed by atoms with Crippen molar-refractivity contribution in [1.29, 1.82) is 0 Å². The molecule has 0 aliphatic carbocycles. The van der Waals surface area contributed by atoms with Crippen LogP contribution >= 0.6 is 7.82 Å². The van der Waals surface area contributed by atoms with E-state index in [2.05, 4.69) is 19.2 Å². The van der Waals surface area contributed by atoms with Crippen molar-refractivity contribution in [3.05, 3.63) is 12.2 Å². The molecule has 1 amide bonds. The number of amides is 1. The molecule has 0 rings (SSSR count). The molecule has 0 bridgehead atoms. The fraction of sp³-hybridized carbons (Fsp3) is 0.940. The Morgan fingerprint density at radius 2 is 0.898 bits per heavy atom. The van der Waals surface area contributed by atoms with Gasteiger partial charge in [-0.3, -0.25) is 13.8 Å². The molecule has 0 spiro atoms. The summed E-state index contributed by atoms with van der Waals surface area (Å²) in [5.41, 5.74) is 0. The molecule has 352 valence electrons. The number of hydrogen-bond donors (Lipinski definition) is 3. The largest absolute Gasteiger partial charge is 0.472 e. The van der Waals surface area contributed by atoms with E-state index in [9.17, 15) is 19.4 Å². The Morgan fingerprint density at radius 1 is 0.559 bits per heavy atom. The van der Waals surface area contributed by atoms with Gasteiger partial charge in [0.25, 0.3) is 0 Å². The molecule has 3 N–H and O–H groups in total. The van der Waals surface area contributed by atoms with Crippen LogP contribution in [0.4, 0.5) is 0 Å². The number of rotatable bonds is 47. The van der Waals surface area contributed by atoms with E-state index < -0.39 is 20.0 Å². The molecule has 0 aromatic heterocycles. The summed E-state index contributed by atoms with van der Waals surface area (Å²) >= 11 is 0. The van der Waals surface area contributed by atoms with Crippen molar-refractivity contribution in [3.63, 3.8) is 0 Å². The molecule has 9 heteroatoms. The summed E-state index contributed by atoms with van der Waals surface area (Å²) < 4.78 is 23.3. The maximum atomic E-state index is 12.7. The lowest BCUT2D eigenvalue weighted by molar-refractivity contribution is -0.870. The van der Waals surface area contributed by atoms with Gasteiger partial charge in [0.1, 0.15) is 13.2 Å². The molecule has 3 atom stereocenters. The van der Waals surface area contributed by atoms with Crippen molar-refractivity contribution in [1.82, 2.24) is 5.32 Å². The van der Waals surface area contributed by atoms with Gasteiger partial charge in [-0.1, -0.05) is 244 Å². The standard InChI is InChI=1S/C50H101N2O6P/c1-6-8-10-12-13-14-15-16-17-18-19-20-21-22-23-24-25-26-27-28-29-30-31-32-33-34-35-36-37-38-39-40-42-44-50(54)51-48(49(53)43-41-11-9-7-2)47-58-59(55,56)57-46-45-52(3,4)5/h41,43,48-49,53H,6-40,42,44-47H2,1-5H3,(H-,51,54,55,56)/p+1/b43-41+. The third-order valence-electron chi connectivity index (χ3n) is 11.8. The van der Waals surface area contributed by atoms with Crippen LogP contribution in [0, 0.1) is 0 Å². The summed E-state index contributed by atoms with van der Waals surface area (Å²) in [6.07, 6.45) is 51.1. The number of phosphoric ester groups is 1. The Labute approximate surface area is 367 Å². The molecule has 3 unspecified atom stereocenters. The zero-order chi connectivity index (χ0) is 43.6. The molecule has 0 aliphatic rings. The van der Waals surface area contributed by atoms with Gasteiger partial charge in [0.15, 0.2) is 0 Å². The highest BCUT2D eigenvalue weighted by Crippen LogP contribution is 2.43. The van der Waals surface area contributed by atoms with E-state index in [1.54, 1.807) is 6.08 Å². The maximum absolute atomic E-state index is 12.7. The van der Waals surface area contributed by atoms with Crippen LogP contribution in [0.3, 0.4) is 0 Å². The Balaban J connectivity index is 3.69. The fourth-order valence-corrected chi connectivity index (χ4v) is 8.41. The van der Waals surface area contributed by atoms with Crippen LogP contribution in [-0.4, -0.2) is 73.4 Å². The monoisotopic (exact) mass is 858 g/mol. The Hall–Kier alpha value is -0.760. The van der Waals surface area contributed by atoms with Gasteiger partial charge in [-0.2, -0.15) is 0 Å². The molecule has 59 heavy (non-hydrogen) atoms. The normalized spacial score (nSPS) is 14.2. The smallest absolute Gasteiger partial charge is 0.387 e. The van der Waals surface area contributed by atoms with E-state index in [0.29, 0.717) is 17.4 Å². The molecule has 0 radical (unpaired) electrons. The summed E-state index contributed by atoms with van der Waals surface area (Å²) in [6.45, 7) is 4.68. The first-order valence-corrected chi connectivity index (χ1v) is 27.1. The number of likely N-dealkylation sites (N-methyl/N-ethyl adjacent to an activating group) is 1. The SMILES string of the molecule is CCCC/C=C/C(O)C(COP(=O)(O)OCC[N+](C)(C)C)NC(=O)CCCCCCCCCCCCCCCCCCCCCCCCCCCCCCCCCCC. The van der Waals surface area contributed by atoms with Gasteiger partial charge in [0.05, 0.1) is 39.9 Å². The lowest BCUT2D eigenvalue weighted by Gasteiger charge is -2.25. The van der Waals surface area contributed by atoms with Crippen LogP contribution in [0.5, 0.6) is 0 Å². The van der Waals surface area contributed by atoms with Gasteiger partial charge in [-0.05, 0) is 12.8 Å². The number of aliphatic hydroxyl groups excluding tert-OH is 1. The van der Waals surface area contributed by atoms with Crippen LogP contribution in [0.15, 0.2) is 12.2 Å². The lowest BCUT2D eigenvalue weighted by Crippen LogP contribution is -2.45. The number of quaternary nitrogens is 1. The molecule has 0 aromatic carbocycles. The van der Waals surface area contributed by atoms with E-state index in [1.165, 1.54) is 193 Å². The number of carbonyl (C=O) groups excluding carboxylic acids is 1. The first kappa shape index (κ1) is 58.2. The van der Waals surface area contributed by atoms with Crippen molar-refractivity contribution in [3.8, 4) is 0 Å². The Bertz CT molecular complexity index is 974. The summed E-state index contributed by atoms with van der Waals surface area (Å²) in [5, 5.41) is 13.6. The van der Waals surface area contributed by atoms with Crippen LogP contribution in [-0.2, 0) is 18.4 Å². The van der Waals surface area contributed by atoms with Gasteiger partial charge >= 0.3 is 7.82 Å². The topological polar surface area (TPSA) is 105 Å². The number of hydrogen-bond acceptors (Lipinski definition) is 5. The van der Waals surface area contributed by atoms with Crippen molar-refractivity contribution < 1.29 is 32.9 Å². The Morgan fingerprint density at radius 3 is 1.24 bits per heavy atom. The number of nitrogens with one attached hydrogen (secondary N) is 1. The first-order valence-electron chi connectivity index (χ1n) is 25.6. The fourth-order valence-electron chi connectivity index (χ4n) is 7.68. The van der Waals surface area contributed by atoms with E-state index in [1.807, 2.05) is 27.2 Å². The minimum absolute atomic E-state index is 0.0630. The molecule has 0 heterocycles. The Kier molecular flexibility index (Phi) is 42.0. The highest BCUT2D eigenvalue weighted by molar-refractivity contribution is 7.47. The average Bonchev–Trinajstić information content (AvgIpc) is 3.19. The number of carbonyl (C=O) groups is 1. The molecule has 0 aromatic rings. The predicted octanol–water partition coefficient (Wildman–Crippen LogP) is 14.7. The summed E-state index contributed by atoms with van der Waals surface area (Å²) in [6, 6.07) is -0.837. The van der Waals surface area contributed by atoms with Gasteiger partial charge in [0, 0.05) is 6.42 Å². The third-order valence-corrected chi connectivity index (χ3v) is 12.7. The van der Waals surface area contributed by atoms with Gasteiger partial charge < -0.3 is 19.8 Å². The molecule has 0 fully saturated rings. The van der Waals surface area contributed by atoms with E-state index in [-0.39, 0.29) is 19.1 Å². The molecule has 8 nitrogen and oxygen atoms in total. The number of unbranched alkanes of at least 4 members (excludes halogenated alkanes) is 34. The lowest BCUT2D eigenvalue weighted by atomic mass is 10.0. The number of allylic oxidation sites excluding steroid dienone is 1. The third kappa shape index (κ3) is 45.1. The summed E-state index contributed by atoms with van der Waals surface area (Å²) in [4.78, 5) is 22.9. The molecule has 0 saturated carbocycles. The molecule has 0 saturated heterocycles. The highest BCUT2D eigenvalue weighted by Gasteiger charge is 2.27. The molecular formula is C50H102N2O6P+. The highest BCUT2D eigenvalue weighted by atomic mass is 31.2. The zero-order valence-corrected chi connectivity index (χ0v) is 40.9. The van der Waals surface area contributed by atoms with Crippen molar-refractivity contribution >= 4 is 13.7 Å². The van der Waals surface area contributed by atoms with Crippen molar-refractivity contribution in [2.75, 3.05) is 40.9 Å². The number of nitrogens with zero attached hydrogens (tertiary/aromatic N) is 1. The van der Waals surface area contributed by atoms with E-state index >= 15 is 0 Å². The van der Waals surface area contributed by atoms with Crippen LogP contribution in [0.1, 0.15) is 251 Å². The van der Waals surface area contributed by atoms with E-state index in [4.69, 9.17) is 9.05 Å². The second kappa shape index (κ2) is 42.5. The first-order chi connectivity index (χ1) is 28.5. The summed E-state index contributed by atoms with van der Waals surface area (Å²) in [5.74, 6) is -0.181. The average molecular weight is 858 g/mol. The summed E-state index contributed by atoms with van der Waals surface area (Å²) in [7, 11) is 1.58. The minimum Gasteiger partial charge on any atom is -0.387 e. The molecule has 0 aliphatic heterocycles. The number of phosphoric acid groups is 1.